The molecule has 4 nitrogen and oxygen atoms in total. The van der Waals surface area contributed by atoms with Crippen LogP contribution in [-0.4, -0.2) is 25.8 Å². The number of rotatable bonds is 4. The van der Waals surface area contributed by atoms with Crippen LogP contribution in [0.15, 0.2) is 42.5 Å². The van der Waals surface area contributed by atoms with Crippen LogP contribution < -0.4 is 15.0 Å². The third-order valence-corrected chi connectivity index (χ3v) is 3.78. The molecule has 1 aliphatic rings. The summed E-state index contributed by atoms with van der Waals surface area (Å²) in [4.78, 5) is 2.09. The normalized spacial score (nSPS) is 16.4. The van der Waals surface area contributed by atoms with Gasteiger partial charge in [-0.3, -0.25) is 0 Å². The minimum absolute atomic E-state index is 0.175. The molecule has 0 aromatic heterocycles. The van der Waals surface area contributed by atoms with E-state index in [0.717, 1.165) is 17.9 Å². The number of phenolic OH excluding ortho intramolecular Hbond substituents is 1. The van der Waals surface area contributed by atoms with Crippen LogP contribution in [0.4, 0.5) is 5.69 Å². The van der Waals surface area contributed by atoms with Gasteiger partial charge in [0.1, 0.15) is 18.1 Å². The van der Waals surface area contributed by atoms with Gasteiger partial charge in [0.2, 0.25) is 0 Å². The summed E-state index contributed by atoms with van der Waals surface area (Å²) in [6.07, 6.45) is 0. The fraction of sp³-hybridized carbons (Fsp3) is 0.294. The number of nitrogens with zero attached hydrogens (tertiary/aromatic N) is 1. The first-order valence-corrected chi connectivity index (χ1v) is 7.09. The van der Waals surface area contributed by atoms with Crippen molar-refractivity contribution in [3.63, 3.8) is 0 Å². The molecule has 2 aromatic carbocycles. The molecule has 0 amide bonds. The van der Waals surface area contributed by atoms with Crippen LogP contribution in [0.1, 0.15) is 17.2 Å². The van der Waals surface area contributed by atoms with E-state index in [-0.39, 0.29) is 11.8 Å². The van der Waals surface area contributed by atoms with Crippen molar-refractivity contribution in [1.82, 2.24) is 5.32 Å². The highest BCUT2D eigenvalue weighted by atomic mass is 16.5. The van der Waals surface area contributed by atoms with Gasteiger partial charge >= 0.3 is 0 Å². The molecule has 1 atom stereocenters. The van der Waals surface area contributed by atoms with Crippen LogP contribution >= 0.6 is 0 Å². The fourth-order valence-corrected chi connectivity index (χ4v) is 2.52. The molecule has 1 heterocycles. The quantitative estimate of drug-likeness (QED) is 0.906. The second-order valence-corrected chi connectivity index (χ2v) is 5.53. The number of phenols is 1. The molecule has 1 unspecified atom stereocenters. The van der Waals surface area contributed by atoms with Crippen molar-refractivity contribution in [2.75, 3.05) is 25.6 Å². The molecule has 1 aliphatic heterocycles. The molecule has 21 heavy (non-hydrogen) atoms. The lowest BCUT2D eigenvalue weighted by molar-refractivity contribution is 0.309. The molecule has 2 aromatic rings. The van der Waals surface area contributed by atoms with E-state index in [0.29, 0.717) is 6.61 Å². The van der Waals surface area contributed by atoms with E-state index in [1.807, 2.05) is 20.2 Å². The summed E-state index contributed by atoms with van der Waals surface area (Å²) in [5, 5.41) is 13.0. The Bertz CT molecular complexity index is 623. The molecule has 2 N–H and O–H groups in total. The Hall–Kier alpha value is -2.20. The predicted molar refractivity (Wildman–Crippen MR) is 84.0 cm³/mol. The van der Waals surface area contributed by atoms with Gasteiger partial charge in [-0.25, -0.2) is 0 Å². The first-order valence-electron chi connectivity index (χ1n) is 7.09. The van der Waals surface area contributed by atoms with E-state index in [2.05, 4.69) is 34.5 Å². The summed E-state index contributed by atoms with van der Waals surface area (Å²) in [5.41, 5.74) is 3.55. The number of ether oxygens (including phenoxy) is 1. The van der Waals surface area contributed by atoms with Crippen molar-refractivity contribution in [3.05, 3.63) is 53.6 Å². The summed E-state index contributed by atoms with van der Waals surface area (Å²) >= 11 is 0. The van der Waals surface area contributed by atoms with Gasteiger partial charge < -0.3 is 20.1 Å². The second-order valence-electron chi connectivity index (χ2n) is 5.53. The first kappa shape index (κ1) is 13.8. The Kier molecular flexibility index (Phi) is 3.71. The molecule has 3 rings (SSSR count). The van der Waals surface area contributed by atoms with Gasteiger partial charge in [-0.2, -0.15) is 0 Å². The number of anilines is 1. The van der Waals surface area contributed by atoms with E-state index in [1.165, 1.54) is 11.3 Å². The van der Waals surface area contributed by atoms with E-state index in [9.17, 15) is 5.11 Å². The smallest absolute Gasteiger partial charge is 0.127 e. The number of hydrogen-bond donors (Lipinski definition) is 2. The van der Waals surface area contributed by atoms with Gasteiger partial charge in [0.05, 0.1) is 6.04 Å². The summed E-state index contributed by atoms with van der Waals surface area (Å²) in [7, 11) is 4.07. The zero-order valence-corrected chi connectivity index (χ0v) is 12.3. The highest BCUT2D eigenvalue weighted by Crippen LogP contribution is 2.34. The molecule has 0 radical (unpaired) electrons. The molecule has 0 fully saturated rings. The Balaban J connectivity index is 1.64. The van der Waals surface area contributed by atoms with E-state index in [4.69, 9.17) is 4.74 Å². The summed E-state index contributed by atoms with van der Waals surface area (Å²) in [5.74, 6) is 1.02. The maximum absolute atomic E-state index is 9.46. The predicted octanol–water partition coefficient (Wildman–Crippen LogP) is 2.68. The van der Waals surface area contributed by atoms with Crippen molar-refractivity contribution < 1.29 is 9.84 Å². The average molecular weight is 284 g/mol. The van der Waals surface area contributed by atoms with Gasteiger partial charge in [0, 0.05) is 38.0 Å². The molecule has 0 saturated heterocycles. The van der Waals surface area contributed by atoms with Gasteiger partial charge in [-0.1, -0.05) is 12.1 Å². The summed E-state index contributed by atoms with van der Waals surface area (Å²) < 4.78 is 5.60. The van der Waals surface area contributed by atoms with Gasteiger partial charge in [0.15, 0.2) is 0 Å². The van der Waals surface area contributed by atoms with Crippen molar-refractivity contribution in [1.29, 1.82) is 0 Å². The van der Waals surface area contributed by atoms with Crippen molar-refractivity contribution in [2.24, 2.45) is 0 Å². The highest BCUT2D eigenvalue weighted by molar-refractivity contribution is 5.46. The van der Waals surface area contributed by atoms with Crippen molar-refractivity contribution in [2.45, 2.75) is 12.6 Å². The Morgan fingerprint density at radius 2 is 1.95 bits per heavy atom. The third kappa shape index (κ3) is 2.95. The Morgan fingerprint density at radius 3 is 2.67 bits per heavy atom. The molecule has 0 aliphatic carbocycles. The monoisotopic (exact) mass is 284 g/mol. The summed E-state index contributed by atoms with van der Waals surface area (Å²) in [6, 6.07) is 14.0. The minimum Gasteiger partial charge on any atom is -0.508 e. The number of aromatic hydroxyl groups is 1. The van der Waals surface area contributed by atoms with Crippen LogP contribution in [-0.2, 0) is 6.54 Å². The topological polar surface area (TPSA) is 44.7 Å². The standard InChI is InChI=1S/C17H20N2O2/c1-19(2)13-5-3-12(4-6-13)10-18-16-11-21-17-9-14(20)7-8-15(16)17/h3-9,16,18,20H,10-11H2,1-2H3. The zero-order valence-electron chi connectivity index (χ0n) is 12.3. The van der Waals surface area contributed by atoms with Crippen molar-refractivity contribution in [3.8, 4) is 11.5 Å². The number of benzene rings is 2. The third-order valence-electron chi connectivity index (χ3n) is 3.78. The van der Waals surface area contributed by atoms with Gasteiger partial charge in [-0.15, -0.1) is 0 Å². The van der Waals surface area contributed by atoms with Crippen LogP contribution in [0.25, 0.3) is 0 Å². The van der Waals surface area contributed by atoms with Crippen LogP contribution in [0.2, 0.25) is 0 Å². The van der Waals surface area contributed by atoms with E-state index < -0.39 is 0 Å². The van der Waals surface area contributed by atoms with Crippen molar-refractivity contribution >= 4 is 5.69 Å². The lowest BCUT2D eigenvalue weighted by Gasteiger charge is -2.14. The molecular formula is C17H20N2O2. The molecular weight excluding hydrogens is 264 g/mol. The number of nitrogens with one attached hydrogen (secondary N) is 1. The van der Waals surface area contributed by atoms with Gasteiger partial charge in [-0.05, 0) is 29.8 Å². The lowest BCUT2D eigenvalue weighted by Crippen LogP contribution is -2.22. The SMILES string of the molecule is CN(C)c1ccc(CNC2COc3cc(O)ccc32)cc1. The minimum atomic E-state index is 0.175. The molecule has 0 spiro atoms. The number of fused-ring (bicyclic) bond motifs is 1. The van der Waals surface area contributed by atoms with Gasteiger partial charge in [0.25, 0.3) is 0 Å². The van der Waals surface area contributed by atoms with Crippen LogP contribution in [0.3, 0.4) is 0 Å². The largest absolute Gasteiger partial charge is 0.508 e. The van der Waals surface area contributed by atoms with E-state index in [1.54, 1.807) is 12.1 Å². The maximum Gasteiger partial charge on any atom is 0.127 e. The Morgan fingerprint density at radius 1 is 1.19 bits per heavy atom. The van der Waals surface area contributed by atoms with Crippen LogP contribution in [0, 0.1) is 0 Å². The average Bonchev–Trinajstić information content (AvgIpc) is 2.87. The maximum atomic E-state index is 9.46. The Labute approximate surface area is 125 Å². The highest BCUT2D eigenvalue weighted by Gasteiger charge is 2.23. The molecule has 0 saturated carbocycles. The number of hydrogen-bond acceptors (Lipinski definition) is 4. The van der Waals surface area contributed by atoms with E-state index >= 15 is 0 Å². The second kappa shape index (κ2) is 5.66. The zero-order chi connectivity index (χ0) is 14.8. The molecule has 4 heteroatoms. The first-order chi connectivity index (χ1) is 10.1. The molecule has 0 bridgehead atoms. The summed E-state index contributed by atoms with van der Waals surface area (Å²) in [6.45, 7) is 1.40. The fourth-order valence-electron chi connectivity index (χ4n) is 2.52. The van der Waals surface area contributed by atoms with Crippen LogP contribution in [0.5, 0.6) is 11.5 Å². The molecule has 110 valence electrons. The lowest BCUT2D eigenvalue weighted by atomic mass is 10.1.